The highest BCUT2D eigenvalue weighted by atomic mass is 32.2. The number of carbonyl (C=O) groups excluding carboxylic acids is 2. The van der Waals surface area contributed by atoms with Crippen molar-refractivity contribution in [3.05, 3.63) is 65.7 Å². The second-order valence-corrected chi connectivity index (χ2v) is 9.95. The first kappa shape index (κ1) is 23.9. The summed E-state index contributed by atoms with van der Waals surface area (Å²) >= 11 is 0. The SMILES string of the molecule is CCOC(=O)c1ccccc1NC(=O)[C@H]1CCCN(S(=O)(=O)CCCc2ccccc2)C1. The standard InChI is InChI=1S/C24H30N2O5S/c1-2-31-24(28)21-14-6-7-15-22(21)25-23(27)20-13-8-16-26(18-20)32(29,30)17-9-12-19-10-4-3-5-11-19/h3-7,10-11,14-15,20H,2,8-9,12-13,16-18H2,1H3,(H,25,27)/t20-/m0/s1. The van der Waals surface area contributed by atoms with Gasteiger partial charge in [0.25, 0.3) is 0 Å². The Hall–Kier alpha value is -2.71. The van der Waals surface area contributed by atoms with E-state index < -0.39 is 21.9 Å². The van der Waals surface area contributed by atoms with Crippen LogP contribution >= 0.6 is 0 Å². The van der Waals surface area contributed by atoms with Crippen LogP contribution in [0, 0.1) is 5.92 Å². The summed E-state index contributed by atoms with van der Waals surface area (Å²) in [5, 5.41) is 2.79. The molecule has 7 nitrogen and oxygen atoms in total. The van der Waals surface area contributed by atoms with Crippen LogP contribution in [-0.4, -0.2) is 50.0 Å². The summed E-state index contributed by atoms with van der Waals surface area (Å²) in [5.74, 6) is -1.20. The number of piperidine rings is 1. The van der Waals surface area contributed by atoms with E-state index in [-0.39, 0.29) is 30.4 Å². The van der Waals surface area contributed by atoms with Crippen LogP contribution in [0.2, 0.25) is 0 Å². The molecule has 0 aliphatic carbocycles. The highest BCUT2D eigenvalue weighted by Crippen LogP contribution is 2.23. The van der Waals surface area contributed by atoms with E-state index in [1.165, 1.54) is 4.31 Å². The Labute approximate surface area is 189 Å². The minimum Gasteiger partial charge on any atom is -0.462 e. The quantitative estimate of drug-likeness (QED) is 0.581. The molecule has 1 N–H and O–H groups in total. The third kappa shape index (κ3) is 6.40. The molecule has 0 aromatic heterocycles. The number of hydrogen-bond acceptors (Lipinski definition) is 5. The van der Waals surface area contributed by atoms with Crippen LogP contribution in [0.3, 0.4) is 0 Å². The van der Waals surface area contributed by atoms with E-state index in [1.807, 2.05) is 30.3 Å². The monoisotopic (exact) mass is 458 g/mol. The highest BCUT2D eigenvalue weighted by Gasteiger charge is 2.32. The molecule has 0 saturated carbocycles. The van der Waals surface area contributed by atoms with Crippen molar-refractivity contribution in [1.29, 1.82) is 0 Å². The molecule has 172 valence electrons. The number of nitrogens with zero attached hydrogens (tertiary/aromatic N) is 1. The van der Waals surface area contributed by atoms with Crippen LogP contribution in [0.25, 0.3) is 0 Å². The molecule has 1 atom stereocenters. The highest BCUT2D eigenvalue weighted by molar-refractivity contribution is 7.89. The fraction of sp³-hybridized carbons (Fsp3) is 0.417. The summed E-state index contributed by atoms with van der Waals surface area (Å²) in [7, 11) is -3.44. The van der Waals surface area contributed by atoms with Gasteiger partial charge in [-0.2, -0.15) is 0 Å². The lowest BCUT2D eigenvalue weighted by molar-refractivity contribution is -0.120. The number of nitrogens with one attached hydrogen (secondary N) is 1. The molecule has 8 heteroatoms. The molecule has 1 fully saturated rings. The van der Waals surface area contributed by atoms with Crippen molar-refractivity contribution < 1.29 is 22.7 Å². The first-order valence-electron chi connectivity index (χ1n) is 11.0. The lowest BCUT2D eigenvalue weighted by atomic mass is 9.98. The molecule has 32 heavy (non-hydrogen) atoms. The summed E-state index contributed by atoms with van der Waals surface area (Å²) in [4.78, 5) is 25.0. The molecular weight excluding hydrogens is 428 g/mol. The van der Waals surface area contributed by atoms with E-state index in [4.69, 9.17) is 4.74 Å². The molecule has 2 aromatic rings. The van der Waals surface area contributed by atoms with Crippen LogP contribution in [0.4, 0.5) is 5.69 Å². The Bertz CT molecular complexity index is 1020. The van der Waals surface area contributed by atoms with Crippen LogP contribution in [-0.2, 0) is 26.0 Å². The predicted octanol–water partition coefficient (Wildman–Crippen LogP) is 3.48. The van der Waals surface area contributed by atoms with Gasteiger partial charge >= 0.3 is 5.97 Å². The second-order valence-electron chi connectivity index (χ2n) is 7.86. The Morgan fingerprint density at radius 3 is 2.56 bits per heavy atom. The molecule has 1 amide bonds. The summed E-state index contributed by atoms with van der Waals surface area (Å²) < 4.78 is 32.2. The molecule has 1 saturated heterocycles. The Morgan fingerprint density at radius 2 is 1.81 bits per heavy atom. The minimum atomic E-state index is -3.44. The molecule has 1 heterocycles. The number of ether oxygens (including phenoxy) is 1. The van der Waals surface area contributed by atoms with Crippen molar-refractivity contribution >= 4 is 27.6 Å². The average molecular weight is 459 g/mol. The molecule has 0 spiro atoms. The number of anilines is 1. The van der Waals surface area contributed by atoms with Gasteiger partial charge in [-0.05, 0) is 50.3 Å². The number of amides is 1. The van der Waals surface area contributed by atoms with Gasteiger partial charge in [0.05, 0.1) is 29.5 Å². The van der Waals surface area contributed by atoms with Gasteiger partial charge in [-0.3, -0.25) is 4.79 Å². The topological polar surface area (TPSA) is 92.8 Å². The number of sulfonamides is 1. The van der Waals surface area contributed by atoms with Crippen molar-refractivity contribution in [2.45, 2.75) is 32.6 Å². The Balaban J connectivity index is 1.59. The third-order valence-electron chi connectivity index (χ3n) is 5.54. The van der Waals surface area contributed by atoms with Gasteiger partial charge in [0.1, 0.15) is 0 Å². The fourth-order valence-electron chi connectivity index (χ4n) is 3.86. The van der Waals surface area contributed by atoms with Crippen LogP contribution in [0.1, 0.15) is 42.1 Å². The van der Waals surface area contributed by atoms with Gasteiger partial charge in [0, 0.05) is 13.1 Å². The number of rotatable bonds is 9. The first-order valence-corrected chi connectivity index (χ1v) is 12.6. The Kier molecular flexibility index (Phi) is 8.41. The lowest BCUT2D eigenvalue weighted by Gasteiger charge is -2.31. The van der Waals surface area contributed by atoms with Crippen molar-refractivity contribution in [2.75, 3.05) is 30.8 Å². The lowest BCUT2D eigenvalue weighted by Crippen LogP contribution is -2.44. The van der Waals surface area contributed by atoms with Crippen molar-refractivity contribution in [3.8, 4) is 0 Å². The summed E-state index contributed by atoms with van der Waals surface area (Å²) in [6.45, 7) is 2.54. The van der Waals surface area contributed by atoms with Gasteiger partial charge in [0.2, 0.25) is 15.9 Å². The smallest absolute Gasteiger partial charge is 0.340 e. The maximum Gasteiger partial charge on any atom is 0.340 e. The molecule has 0 bridgehead atoms. The van der Waals surface area contributed by atoms with Crippen molar-refractivity contribution in [1.82, 2.24) is 4.31 Å². The maximum absolute atomic E-state index is 12.9. The third-order valence-corrected chi connectivity index (χ3v) is 7.46. The molecule has 0 unspecified atom stereocenters. The molecular formula is C24H30N2O5S. The van der Waals surface area contributed by atoms with E-state index in [9.17, 15) is 18.0 Å². The predicted molar refractivity (Wildman–Crippen MR) is 124 cm³/mol. The van der Waals surface area contributed by atoms with Crippen molar-refractivity contribution in [3.63, 3.8) is 0 Å². The van der Waals surface area contributed by atoms with Crippen LogP contribution in [0.5, 0.6) is 0 Å². The first-order chi connectivity index (χ1) is 15.4. The number of para-hydroxylation sites is 1. The fourth-order valence-corrected chi connectivity index (χ4v) is 5.44. The van der Waals surface area contributed by atoms with E-state index >= 15 is 0 Å². The zero-order valence-electron chi connectivity index (χ0n) is 18.3. The largest absolute Gasteiger partial charge is 0.462 e. The normalized spacial score (nSPS) is 17.0. The van der Waals surface area contributed by atoms with Gasteiger partial charge < -0.3 is 10.1 Å². The van der Waals surface area contributed by atoms with E-state index in [2.05, 4.69) is 5.32 Å². The number of aryl methyl sites for hydroxylation is 1. The van der Waals surface area contributed by atoms with Gasteiger partial charge in [-0.15, -0.1) is 0 Å². The second kappa shape index (κ2) is 11.2. The van der Waals surface area contributed by atoms with Crippen LogP contribution < -0.4 is 5.32 Å². The summed E-state index contributed by atoms with van der Waals surface area (Å²) in [6.07, 6.45) is 2.45. The van der Waals surface area contributed by atoms with Gasteiger partial charge in [0.15, 0.2) is 0 Å². The van der Waals surface area contributed by atoms with Crippen LogP contribution in [0.15, 0.2) is 54.6 Å². The zero-order valence-corrected chi connectivity index (χ0v) is 19.1. The number of esters is 1. The number of hydrogen-bond donors (Lipinski definition) is 1. The molecule has 1 aliphatic rings. The number of benzene rings is 2. The molecule has 3 rings (SSSR count). The number of carbonyl (C=O) groups is 2. The average Bonchev–Trinajstić information content (AvgIpc) is 2.80. The molecule has 2 aromatic carbocycles. The Morgan fingerprint density at radius 1 is 1.09 bits per heavy atom. The maximum atomic E-state index is 12.9. The molecule has 0 radical (unpaired) electrons. The summed E-state index contributed by atoms with van der Waals surface area (Å²) in [6, 6.07) is 16.5. The summed E-state index contributed by atoms with van der Waals surface area (Å²) in [5.41, 5.74) is 1.77. The van der Waals surface area contributed by atoms with E-state index in [0.717, 1.165) is 5.56 Å². The van der Waals surface area contributed by atoms with E-state index in [1.54, 1.807) is 31.2 Å². The molecule has 1 aliphatic heterocycles. The zero-order chi connectivity index (χ0) is 23.0. The van der Waals surface area contributed by atoms with E-state index in [0.29, 0.717) is 37.9 Å². The van der Waals surface area contributed by atoms with Gasteiger partial charge in [-0.1, -0.05) is 42.5 Å². The van der Waals surface area contributed by atoms with Crippen molar-refractivity contribution in [2.24, 2.45) is 5.92 Å². The van der Waals surface area contributed by atoms with Gasteiger partial charge in [-0.25, -0.2) is 17.5 Å². The minimum absolute atomic E-state index is 0.0575.